The minimum Gasteiger partial charge on any atom is -0.497 e. The van der Waals surface area contributed by atoms with Gasteiger partial charge in [0.25, 0.3) is 0 Å². The number of amides is 1. The molecule has 0 fully saturated rings. The highest BCUT2D eigenvalue weighted by Crippen LogP contribution is 2.08. The van der Waals surface area contributed by atoms with Crippen molar-refractivity contribution in [2.75, 3.05) is 66.4 Å². The zero-order chi connectivity index (χ0) is 33.5. The van der Waals surface area contributed by atoms with Crippen molar-refractivity contribution < 1.29 is 27.4 Å². The van der Waals surface area contributed by atoms with Gasteiger partial charge in [-0.2, -0.15) is 0 Å². The van der Waals surface area contributed by atoms with Crippen LogP contribution in [0.25, 0.3) is 0 Å². The summed E-state index contributed by atoms with van der Waals surface area (Å²) in [4.78, 5) is 17.6. The summed E-state index contributed by atoms with van der Waals surface area (Å²) in [5.74, 6) is 1.48. The third-order valence-corrected chi connectivity index (χ3v) is 6.78. The topological polar surface area (TPSA) is 119 Å². The Morgan fingerprint density at radius 3 is 2.33 bits per heavy atom. The predicted octanol–water partition coefficient (Wildman–Crippen LogP) is 4.01. The van der Waals surface area contributed by atoms with E-state index in [-0.39, 0.29) is 30.4 Å². The largest absolute Gasteiger partial charge is 0.497 e. The number of allylic oxidation sites excluding steroid dienone is 4. The SMILES string of the molecule is C#C.C=C/C(=C\C=C(/C)CN(C)C(=O)COC)C1=NCCN1.CC/C=C(\C=C(\C)CS(=O)(=O)NCCOC(C)(C)C)OC. The van der Waals surface area contributed by atoms with Crippen molar-refractivity contribution in [3.63, 3.8) is 0 Å². The summed E-state index contributed by atoms with van der Waals surface area (Å²) < 4.78 is 41.8. The lowest BCUT2D eigenvalue weighted by Crippen LogP contribution is -2.32. The lowest BCUT2D eigenvalue weighted by molar-refractivity contribution is -0.133. The van der Waals surface area contributed by atoms with Gasteiger partial charge < -0.3 is 24.4 Å². The normalized spacial score (nSPS) is 14.3. The summed E-state index contributed by atoms with van der Waals surface area (Å²) in [6, 6.07) is 0. The Hall–Kier alpha value is -3.17. The van der Waals surface area contributed by atoms with E-state index < -0.39 is 10.0 Å². The number of amidine groups is 1. The fourth-order valence-electron chi connectivity index (χ4n) is 3.41. The van der Waals surface area contributed by atoms with Crippen LogP contribution in [-0.2, 0) is 29.0 Å². The van der Waals surface area contributed by atoms with Crippen molar-refractivity contribution in [1.82, 2.24) is 14.9 Å². The van der Waals surface area contributed by atoms with Crippen molar-refractivity contribution >= 4 is 21.8 Å². The molecular weight excluding hydrogens is 568 g/mol. The van der Waals surface area contributed by atoms with Crippen LogP contribution in [0.15, 0.2) is 64.4 Å². The summed E-state index contributed by atoms with van der Waals surface area (Å²) >= 11 is 0. The van der Waals surface area contributed by atoms with E-state index in [2.05, 4.69) is 34.5 Å². The van der Waals surface area contributed by atoms with E-state index in [1.54, 1.807) is 38.1 Å². The number of ether oxygens (including phenoxy) is 3. The number of rotatable bonds is 16. The maximum Gasteiger partial charge on any atom is 0.248 e. The van der Waals surface area contributed by atoms with E-state index in [0.29, 0.717) is 18.9 Å². The van der Waals surface area contributed by atoms with E-state index in [1.807, 2.05) is 52.8 Å². The van der Waals surface area contributed by atoms with E-state index in [4.69, 9.17) is 14.2 Å². The van der Waals surface area contributed by atoms with Crippen LogP contribution >= 0.6 is 0 Å². The van der Waals surface area contributed by atoms with Crippen LogP contribution in [0.5, 0.6) is 0 Å². The molecule has 0 radical (unpaired) electrons. The zero-order valence-corrected chi connectivity index (χ0v) is 28.5. The van der Waals surface area contributed by atoms with Gasteiger partial charge in [-0.05, 0) is 53.2 Å². The molecular formula is C32H54N4O6S. The molecule has 43 heavy (non-hydrogen) atoms. The van der Waals surface area contributed by atoms with Gasteiger partial charge in [-0.15, -0.1) is 12.8 Å². The zero-order valence-electron chi connectivity index (χ0n) is 27.7. The van der Waals surface area contributed by atoms with Crippen LogP contribution in [0.1, 0.15) is 48.0 Å². The smallest absolute Gasteiger partial charge is 0.248 e. The molecule has 0 aromatic rings. The standard InChI is InChI=1S/C15H23N3O2.C15H29NO4S.C2H2/c1-5-13(15-16-8-9-17-15)7-6-12(2)10-18(3)14(19)11-20-4;1-7-8-14(19-6)11-13(2)12-21(17,18)16-9-10-20-15(3,4)5;1-2/h5-7H,1,8-11H2,2-4H3,(H,16,17);8,11,16H,7,9-10,12H2,1-6H3;1-2H/b12-6+,13-7+;13-11-,14-8+;. The molecule has 0 spiro atoms. The second-order valence-electron chi connectivity index (χ2n) is 10.5. The minimum atomic E-state index is -3.35. The average Bonchev–Trinajstić information content (AvgIpc) is 3.47. The van der Waals surface area contributed by atoms with Crippen LogP contribution in [0, 0.1) is 12.8 Å². The van der Waals surface area contributed by atoms with Gasteiger partial charge in [0.15, 0.2) is 0 Å². The first-order valence-corrected chi connectivity index (χ1v) is 15.7. The lowest BCUT2D eigenvalue weighted by Gasteiger charge is -2.19. The van der Waals surface area contributed by atoms with Gasteiger partial charge in [0.1, 0.15) is 18.2 Å². The van der Waals surface area contributed by atoms with Crippen molar-refractivity contribution in [3.8, 4) is 12.8 Å². The van der Waals surface area contributed by atoms with Gasteiger partial charge in [-0.25, -0.2) is 13.1 Å². The summed E-state index contributed by atoms with van der Waals surface area (Å²) in [5, 5.41) is 3.21. The van der Waals surface area contributed by atoms with E-state index in [0.717, 1.165) is 42.1 Å². The Bertz CT molecular complexity index is 1130. The molecule has 0 aliphatic carbocycles. The van der Waals surface area contributed by atoms with Crippen molar-refractivity contribution in [2.45, 2.75) is 53.6 Å². The van der Waals surface area contributed by atoms with Gasteiger partial charge in [0, 0.05) is 39.4 Å². The number of methoxy groups -OCH3 is 2. The number of sulfonamides is 1. The summed E-state index contributed by atoms with van der Waals surface area (Å²) in [6.07, 6.45) is 18.2. The highest BCUT2D eigenvalue weighted by atomic mass is 32.2. The van der Waals surface area contributed by atoms with Gasteiger partial charge in [0.05, 0.1) is 31.6 Å². The maximum absolute atomic E-state index is 11.9. The van der Waals surface area contributed by atoms with Gasteiger partial charge in [-0.3, -0.25) is 9.79 Å². The third kappa shape index (κ3) is 22.1. The highest BCUT2D eigenvalue weighted by Gasteiger charge is 2.14. The number of hydrogen-bond donors (Lipinski definition) is 2. The van der Waals surface area contributed by atoms with Crippen LogP contribution in [0.3, 0.4) is 0 Å². The Morgan fingerprint density at radius 2 is 1.84 bits per heavy atom. The molecule has 0 aromatic heterocycles. The average molecular weight is 623 g/mol. The second kappa shape index (κ2) is 23.3. The number of likely N-dealkylation sites (N-methyl/N-ethyl adjacent to an activating group) is 1. The second-order valence-corrected chi connectivity index (χ2v) is 12.3. The molecule has 1 aliphatic heterocycles. The van der Waals surface area contributed by atoms with Crippen LogP contribution in [0.2, 0.25) is 0 Å². The Balaban J connectivity index is 0. The molecule has 0 aromatic carbocycles. The molecule has 0 saturated heterocycles. The molecule has 2 N–H and O–H groups in total. The Labute approximate surface area is 261 Å². The van der Waals surface area contributed by atoms with Crippen LogP contribution in [-0.4, -0.2) is 97.1 Å². The van der Waals surface area contributed by atoms with E-state index >= 15 is 0 Å². The van der Waals surface area contributed by atoms with E-state index in [1.165, 1.54) is 7.11 Å². The first kappa shape index (κ1) is 42.0. The first-order chi connectivity index (χ1) is 20.2. The Morgan fingerprint density at radius 1 is 1.19 bits per heavy atom. The monoisotopic (exact) mass is 622 g/mol. The fraction of sp³-hybridized carbons (Fsp3) is 0.562. The number of aliphatic imine (C=N–C) groups is 1. The van der Waals surface area contributed by atoms with Gasteiger partial charge >= 0.3 is 0 Å². The van der Waals surface area contributed by atoms with E-state index in [9.17, 15) is 13.2 Å². The molecule has 0 unspecified atom stereocenters. The molecule has 10 nitrogen and oxygen atoms in total. The number of carbonyl (C=O) groups excluding carboxylic acids is 1. The van der Waals surface area contributed by atoms with Crippen molar-refractivity contribution in [2.24, 2.45) is 4.99 Å². The number of nitrogens with one attached hydrogen (secondary N) is 2. The number of carbonyl (C=O) groups is 1. The summed E-state index contributed by atoms with van der Waals surface area (Å²) in [7, 11) is 1.50. The molecule has 244 valence electrons. The van der Waals surface area contributed by atoms with Crippen LogP contribution < -0.4 is 10.0 Å². The summed E-state index contributed by atoms with van der Waals surface area (Å²) in [5.41, 5.74) is 2.50. The lowest BCUT2D eigenvalue weighted by atomic mass is 10.2. The quantitative estimate of drug-likeness (QED) is 0.116. The highest BCUT2D eigenvalue weighted by molar-refractivity contribution is 7.89. The van der Waals surface area contributed by atoms with Crippen molar-refractivity contribution in [3.05, 3.63) is 59.4 Å². The number of nitrogens with zero attached hydrogens (tertiary/aromatic N) is 2. The predicted molar refractivity (Wildman–Crippen MR) is 178 cm³/mol. The number of hydrogen-bond acceptors (Lipinski definition) is 8. The van der Waals surface area contributed by atoms with Gasteiger partial charge in [-0.1, -0.05) is 42.9 Å². The van der Waals surface area contributed by atoms with Crippen molar-refractivity contribution in [1.29, 1.82) is 0 Å². The third-order valence-electron chi connectivity index (χ3n) is 5.30. The molecule has 1 aliphatic rings. The molecule has 0 atom stereocenters. The molecule has 1 amide bonds. The first-order valence-electron chi connectivity index (χ1n) is 14.0. The number of terminal acetylenes is 1. The minimum absolute atomic E-state index is 0.0324. The van der Waals surface area contributed by atoms with Crippen LogP contribution in [0.4, 0.5) is 0 Å². The fourth-order valence-corrected chi connectivity index (χ4v) is 4.59. The summed E-state index contributed by atoms with van der Waals surface area (Å²) in [6.45, 7) is 18.3. The molecule has 11 heteroatoms. The van der Waals surface area contributed by atoms with Gasteiger partial charge in [0.2, 0.25) is 15.9 Å². The maximum atomic E-state index is 11.9. The molecule has 0 saturated carbocycles. The molecule has 1 rings (SSSR count). The Kier molecular flexibility index (Phi) is 22.7. The molecule has 0 bridgehead atoms. The molecule has 1 heterocycles.